The van der Waals surface area contributed by atoms with Gasteiger partial charge < -0.3 is 10.2 Å². The second kappa shape index (κ2) is 10.9. The molecule has 0 amide bonds. The van der Waals surface area contributed by atoms with Crippen molar-refractivity contribution in [3.05, 3.63) is 48.0 Å². The zero-order valence-electron chi connectivity index (χ0n) is 15.8. The van der Waals surface area contributed by atoms with Gasteiger partial charge in [-0.05, 0) is 48.6 Å². The lowest BCUT2D eigenvalue weighted by Gasteiger charge is -2.21. The molecule has 2 aromatic rings. The van der Waals surface area contributed by atoms with Gasteiger partial charge in [-0.2, -0.15) is 5.10 Å². The number of aromatic nitrogens is 2. The van der Waals surface area contributed by atoms with E-state index in [4.69, 9.17) is 0 Å². The minimum Gasteiger partial charge on any atom is -0.355 e. The Morgan fingerprint density at radius 2 is 2.15 bits per heavy atom. The van der Waals surface area contributed by atoms with Crippen LogP contribution in [-0.2, 0) is 13.5 Å². The third kappa shape index (κ3) is 6.67. The molecule has 1 aromatic carbocycles. The molecule has 0 radical (unpaired) electrons. The van der Waals surface area contributed by atoms with Crippen molar-refractivity contribution in [3.8, 4) is 0 Å². The molecule has 5 nitrogen and oxygen atoms in total. The SMILES string of the molecule is CN=C(NCCSc1ccc(F)cc1)N1CCC(Cc2cnn(C)c2)C1.I. The summed E-state index contributed by atoms with van der Waals surface area (Å²) in [7, 11) is 3.80. The number of benzene rings is 1. The van der Waals surface area contributed by atoms with E-state index < -0.39 is 0 Å². The third-order valence-electron chi connectivity index (χ3n) is 4.55. The average Bonchev–Trinajstić information content (AvgIpc) is 3.26. The van der Waals surface area contributed by atoms with Gasteiger partial charge in [-0.3, -0.25) is 9.67 Å². The fraction of sp³-hybridized carbons (Fsp3) is 0.474. The Labute approximate surface area is 181 Å². The molecule has 1 atom stereocenters. The molecule has 1 N–H and O–H groups in total. The molecule has 0 aliphatic carbocycles. The Balaban J connectivity index is 0.00000261. The molecule has 8 heteroatoms. The van der Waals surface area contributed by atoms with E-state index in [0.717, 1.165) is 42.7 Å². The minimum atomic E-state index is -0.192. The van der Waals surface area contributed by atoms with Gasteiger partial charge >= 0.3 is 0 Å². The molecule has 0 bridgehead atoms. The van der Waals surface area contributed by atoms with Gasteiger partial charge in [-0.25, -0.2) is 4.39 Å². The number of rotatable bonds is 6. The van der Waals surface area contributed by atoms with Gasteiger partial charge in [0, 0.05) is 50.6 Å². The van der Waals surface area contributed by atoms with Crippen molar-refractivity contribution in [2.24, 2.45) is 18.0 Å². The molecule has 1 fully saturated rings. The number of halogens is 2. The maximum atomic E-state index is 12.9. The maximum Gasteiger partial charge on any atom is 0.193 e. The van der Waals surface area contributed by atoms with E-state index in [2.05, 4.69) is 26.5 Å². The Kier molecular flexibility index (Phi) is 8.88. The number of thioether (sulfide) groups is 1. The third-order valence-corrected chi connectivity index (χ3v) is 5.56. The van der Waals surface area contributed by atoms with Crippen LogP contribution in [0.15, 0.2) is 46.5 Å². The summed E-state index contributed by atoms with van der Waals surface area (Å²) >= 11 is 1.72. The van der Waals surface area contributed by atoms with Crippen LogP contribution >= 0.6 is 35.7 Å². The summed E-state index contributed by atoms with van der Waals surface area (Å²) in [5.41, 5.74) is 1.30. The summed E-state index contributed by atoms with van der Waals surface area (Å²) < 4.78 is 14.8. The molecule has 0 saturated carbocycles. The normalized spacial score (nSPS) is 17.1. The highest BCUT2D eigenvalue weighted by Gasteiger charge is 2.25. The topological polar surface area (TPSA) is 45.5 Å². The van der Waals surface area contributed by atoms with E-state index in [0.29, 0.717) is 5.92 Å². The van der Waals surface area contributed by atoms with Crippen molar-refractivity contribution in [3.63, 3.8) is 0 Å². The van der Waals surface area contributed by atoms with Crippen molar-refractivity contribution in [2.45, 2.75) is 17.7 Å². The molecule has 3 rings (SSSR count). The number of hydrogen-bond acceptors (Lipinski definition) is 3. The standard InChI is InChI=1S/C19H26FN5S.HI/c1-21-19(22-8-10-26-18-5-3-17(20)4-6-18)25-9-7-15(14-25)11-16-12-23-24(2)13-16;/h3-6,12-13,15H,7-11,14H2,1-2H3,(H,21,22);1H. The second-order valence-electron chi connectivity index (χ2n) is 6.60. The van der Waals surface area contributed by atoms with Gasteiger partial charge in [0.25, 0.3) is 0 Å². The lowest BCUT2D eigenvalue weighted by Crippen LogP contribution is -2.41. The van der Waals surface area contributed by atoms with E-state index in [9.17, 15) is 4.39 Å². The first kappa shape index (κ1) is 22.0. The van der Waals surface area contributed by atoms with Crippen LogP contribution in [0.3, 0.4) is 0 Å². The number of guanidine groups is 1. The molecular weight excluding hydrogens is 476 g/mol. The van der Waals surface area contributed by atoms with E-state index >= 15 is 0 Å². The van der Waals surface area contributed by atoms with Crippen molar-refractivity contribution in [2.75, 3.05) is 32.4 Å². The fourth-order valence-corrected chi connectivity index (χ4v) is 4.07. The smallest absolute Gasteiger partial charge is 0.193 e. The lowest BCUT2D eigenvalue weighted by molar-refractivity contribution is 0.461. The van der Waals surface area contributed by atoms with Gasteiger partial charge in [0.15, 0.2) is 5.96 Å². The van der Waals surface area contributed by atoms with E-state index in [1.54, 1.807) is 11.8 Å². The Morgan fingerprint density at radius 3 is 2.81 bits per heavy atom. The summed E-state index contributed by atoms with van der Waals surface area (Å²) in [5, 5.41) is 7.70. The zero-order chi connectivity index (χ0) is 18.4. The summed E-state index contributed by atoms with van der Waals surface area (Å²) in [6.07, 6.45) is 6.31. The van der Waals surface area contributed by atoms with Crippen LogP contribution < -0.4 is 5.32 Å². The summed E-state index contributed by atoms with van der Waals surface area (Å²) in [6, 6.07) is 6.64. The van der Waals surface area contributed by atoms with Crippen LogP contribution in [0.5, 0.6) is 0 Å². The molecule has 1 saturated heterocycles. The van der Waals surface area contributed by atoms with Crippen molar-refractivity contribution < 1.29 is 4.39 Å². The van der Waals surface area contributed by atoms with Crippen LogP contribution in [0, 0.1) is 11.7 Å². The number of hydrogen-bond donors (Lipinski definition) is 1. The molecular formula is C19H27FIN5S. The molecule has 27 heavy (non-hydrogen) atoms. The Bertz CT molecular complexity index is 734. The van der Waals surface area contributed by atoms with Crippen LogP contribution in [0.25, 0.3) is 0 Å². The van der Waals surface area contributed by atoms with Crippen LogP contribution in [0.4, 0.5) is 4.39 Å². The summed E-state index contributed by atoms with van der Waals surface area (Å²) in [4.78, 5) is 7.85. The zero-order valence-corrected chi connectivity index (χ0v) is 18.9. The predicted molar refractivity (Wildman–Crippen MR) is 120 cm³/mol. The minimum absolute atomic E-state index is 0. The average molecular weight is 503 g/mol. The van der Waals surface area contributed by atoms with Gasteiger partial charge in [0.2, 0.25) is 0 Å². The number of nitrogens with zero attached hydrogens (tertiary/aromatic N) is 4. The van der Waals surface area contributed by atoms with Crippen LogP contribution in [0.2, 0.25) is 0 Å². The van der Waals surface area contributed by atoms with E-state index in [-0.39, 0.29) is 29.8 Å². The van der Waals surface area contributed by atoms with Gasteiger partial charge in [-0.1, -0.05) is 0 Å². The first-order valence-corrected chi connectivity index (χ1v) is 9.94. The first-order valence-electron chi connectivity index (χ1n) is 8.95. The quantitative estimate of drug-likeness (QED) is 0.216. The van der Waals surface area contributed by atoms with E-state index in [1.807, 2.05) is 37.1 Å². The largest absolute Gasteiger partial charge is 0.355 e. The number of nitrogens with one attached hydrogen (secondary N) is 1. The molecule has 2 heterocycles. The number of likely N-dealkylation sites (tertiary alicyclic amines) is 1. The van der Waals surface area contributed by atoms with Crippen LogP contribution in [0.1, 0.15) is 12.0 Å². The van der Waals surface area contributed by atoms with Gasteiger partial charge in [0.1, 0.15) is 5.82 Å². The van der Waals surface area contributed by atoms with Crippen molar-refractivity contribution >= 4 is 41.7 Å². The molecule has 0 spiro atoms. The predicted octanol–water partition coefficient (Wildman–Crippen LogP) is 3.41. The molecule has 148 valence electrons. The monoisotopic (exact) mass is 503 g/mol. The molecule has 1 unspecified atom stereocenters. The molecule has 1 aliphatic heterocycles. The number of aliphatic imine (C=N–C) groups is 1. The number of aryl methyl sites for hydroxylation is 1. The summed E-state index contributed by atoms with van der Waals surface area (Å²) in [6.45, 7) is 2.90. The highest BCUT2D eigenvalue weighted by Crippen LogP contribution is 2.21. The lowest BCUT2D eigenvalue weighted by atomic mass is 10.0. The fourth-order valence-electron chi connectivity index (χ4n) is 3.30. The van der Waals surface area contributed by atoms with Crippen LogP contribution in [-0.4, -0.2) is 53.1 Å². The van der Waals surface area contributed by atoms with Gasteiger partial charge in [0.05, 0.1) is 6.20 Å². The maximum absolute atomic E-state index is 12.9. The van der Waals surface area contributed by atoms with Gasteiger partial charge in [-0.15, -0.1) is 35.7 Å². The second-order valence-corrected chi connectivity index (χ2v) is 7.77. The van der Waals surface area contributed by atoms with Crippen molar-refractivity contribution in [1.29, 1.82) is 0 Å². The van der Waals surface area contributed by atoms with E-state index in [1.165, 1.54) is 24.1 Å². The Hall–Kier alpha value is -1.29. The highest BCUT2D eigenvalue weighted by molar-refractivity contribution is 14.0. The highest BCUT2D eigenvalue weighted by atomic mass is 127. The molecule has 1 aliphatic rings. The summed E-state index contributed by atoms with van der Waals surface area (Å²) in [5.74, 6) is 2.34. The first-order chi connectivity index (χ1) is 12.6. The molecule has 1 aromatic heterocycles. The van der Waals surface area contributed by atoms with Crippen molar-refractivity contribution in [1.82, 2.24) is 20.0 Å². The Morgan fingerprint density at radius 1 is 1.37 bits per heavy atom.